The van der Waals surface area contributed by atoms with Crippen LogP contribution in [0.4, 0.5) is 0 Å². The molecule has 0 aliphatic rings. The molecule has 0 aliphatic carbocycles. The van der Waals surface area contributed by atoms with Crippen LogP contribution in [0, 0.1) is 0 Å². The summed E-state index contributed by atoms with van der Waals surface area (Å²) in [6.07, 6.45) is 0.932. The van der Waals surface area contributed by atoms with Gasteiger partial charge >= 0.3 is 5.97 Å². The molecule has 0 spiro atoms. The molecule has 0 rings (SSSR count). The van der Waals surface area contributed by atoms with Crippen molar-refractivity contribution in [1.29, 1.82) is 0 Å². The lowest BCUT2D eigenvalue weighted by Crippen LogP contribution is -2.53. The van der Waals surface area contributed by atoms with Gasteiger partial charge in [0.25, 0.3) is 10.1 Å². The van der Waals surface area contributed by atoms with Crippen molar-refractivity contribution in [1.82, 2.24) is 0 Å². The molecule has 0 unspecified atom stereocenters. The molecule has 0 saturated carbocycles. The maximum absolute atomic E-state index is 11.1. The van der Waals surface area contributed by atoms with Gasteiger partial charge in [-0.25, -0.2) is 4.79 Å². The fourth-order valence-corrected chi connectivity index (χ4v) is 1.39. The number of carbonyl (C=O) groups excluding carboxylic acids is 1. The SMILES string of the molecule is C=CC(=O)OC(C)(C)C(C)(C)S(=O)(=O)O. The average Bonchev–Trinajstić information content (AvgIpc) is 2.00. The highest BCUT2D eigenvalue weighted by Crippen LogP contribution is 2.32. The second kappa shape index (κ2) is 3.94. The van der Waals surface area contributed by atoms with Crippen LogP contribution in [-0.2, 0) is 19.6 Å². The smallest absolute Gasteiger partial charge is 0.330 e. The molecule has 0 heterocycles. The lowest BCUT2D eigenvalue weighted by molar-refractivity contribution is -0.152. The van der Waals surface area contributed by atoms with Crippen molar-refractivity contribution < 1.29 is 22.5 Å². The van der Waals surface area contributed by atoms with Crippen molar-refractivity contribution in [3.63, 3.8) is 0 Å². The van der Waals surface area contributed by atoms with E-state index in [1.54, 1.807) is 0 Å². The van der Waals surface area contributed by atoms with Gasteiger partial charge < -0.3 is 4.74 Å². The molecule has 15 heavy (non-hydrogen) atoms. The Balaban J connectivity index is 5.20. The summed E-state index contributed by atoms with van der Waals surface area (Å²) in [5.41, 5.74) is -1.36. The summed E-state index contributed by atoms with van der Waals surface area (Å²) in [6.45, 7) is 8.57. The Bertz CT molecular complexity index is 364. The van der Waals surface area contributed by atoms with Crippen LogP contribution in [0.15, 0.2) is 12.7 Å². The van der Waals surface area contributed by atoms with Gasteiger partial charge in [0.2, 0.25) is 0 Å². The first-order valence-electron chi connectivity index (χ1n) is 4.28. The van der Waals surface area contributed by atoms with Crippen LogP contribution in [0.3, 0.4) is 0 Å². The second-order valence-corrected chi connectivity index (χ2v) is 6.09. The third-order valence-electron chi connectivity index (χ3n) is 2.62. The fraction of sp³-hybridized carbons (Fsp3) is 0.667. The van der Waals surface area contributed by atoms with Crippen molar-refractivity contribution in [2.24, 2.45) is 0 Å². The zero-order chi connectivity index (χ0) is 12.5. The summed E-state index contributed by atoms with van der Waals surface area (Å²) in [5.74, 6) is -0.739. The molecule has 0 aromatic heterocycles. The lowest BCUT2D eigenvalue weighted by atomic mass is 9.93. The van der Waals surface area contributed by atoms with Gasteiger partial charge in [-0.1, -0.05) is 6.58 Å². The van der Waals surface area contributed by atoms with Crippen molar-refractivity contribution in [2.45, 2.75) is 38.0 Å². The minimum atomic E-state index is -4.33. The first-order chi connectivity index (χ1) is 6.45. The lowest BCUT2D eigenvalue weighted by Gasteiger charge is -2.37. The molecule has 88 valence electrons. The summed E-state index contributed by atoms with van der Waals surface area (Å²) < 4.78 is 34.5. The highest BCUT2D eigenvalue weighted by molar-refractivity contribution is 7.87. The molecule has 6 heteroatoms. The topological polar surface area (TPSA) is 80.7 Å². The van der Waals surface area contributed by atoms with Crippen molar-refractivity contribution >= 4 is 16.1 Å². The Morgan fingerprint density at radius 1 is 1.33 bits per heavy atom. The van der Waals surface area contributed by atoms with E-state index >= 15 is 0 Å². The number of hydrogen-bond donors (Lipinski definition) is 1. The van der Waals surface area contributed by atoms with E-state index in [0.29, 0.717) is 0 Å². The van der Waals surface area contributed by atoms with Gasteiger partial charge in [-0.15, -0.1) is 0 Å². The Hall–Kier alpha value is -0.880. The van der Waals surface area contributed by atoms with E-state index in [-0.39, 0.29) is 0 Å². The first-order valence-corrected chi connectivity index (χ1v) is 5.72. The van der Waals surface area contributed by atoms with E-state index in [1.165, 1.54) is 27.7 Å². The summed E-state index contributed by atoms with van der Waals surface area (Å²) in [5, 5.41) is 0. The van der Waals surface area contributed by atoms with E-state index in [4.69, 9.17) is 9.29 Å². The number of rotatable bonds is 4. The Morgan fingerprint density at radius 2 is 1.73 bits per heavy atom. The number of esters is 1. The van der Waals surface area contributed by atoms with Gasteiger partial charge in [-0.3, -0.25) is 4.55 Å². The van der Waals surface area contributed by atoms with Gasteiger partial charge in [0.1, 0.15) is 10.3 Å². The molecule has 0 fully saturated rings. The predicted molar refractivity (Wildman–Crippen MR) is 56.0 cm³/mol. The van der Waals surface area contributed by atoms with Crippen LogP contribution >= 0.6 is 0 Å². The minimum Gasteiger partial charge on any atom is -0.455 e. The van der Waals surface area contributed by atoms with E-state index in [1.807, 2.05) is 0 Å². The molecule has 0 aromatic rings. The Labute approximate surface area is 89.9 Å². The summed E-state index contributed by atoms with van der Waals surface area (Å²) >= 11 is 0. The summed E-state index contributed by atoms with van der Waals surface area (Å²) in [4.78, 5) is 11.0. The molecule has 0 saturated heterocycles. The fourth-order valence-electron chi connectivity index (χ4n) is 0.727. The highest BCUT2D eigenvalue weighted by atomic mass is 32.2. The van der Waals surface area contributed by atoms with Crippen LogP contribution in [0.2, 0.25) is 0 Å². The molecule has 0 aromatic carbocycles. The molecule has 0 aliphatic heterocycles. The average molecular weight is 236 g/mol. The van der Waals surface area contributed by atoms with E-state index in [9.17, 15) is 13.2 Å². The van der Waals surface area contributed by atoms with Gasteiger partial charge in [-0.05, 0) is 27.7 Å². The summed E-state index contributed by atoms with van der Waals surface area (Å²) in [6, 6.07) is 0. The molecule has 0 bridgehead atoms. The van der Waals surface area contributed by atoms with E-state index in [0.717, 1.165) is 6.08 Å². The normalized spacial score (nSPS) is 13.4. The number of carbonyl (C=O) groups is 1. The van der Waals surface area contributed by atoms with Gasteiger partial charge in [0.05, 0.1) is 0 Å². The van der Waals surface area contributed by atoms with Crippen LogP contribution in [0.1, 0.15) is 27.7 Å². The van der Waals surface area contributed by atoms with E-state index in [2.05, 4.69) is 6.58 Å². The Morgan fingerprint density at radius 3 is 2.00 bits per heavy atom. The predicted octanol–water partition coefficient (Wildman–Crippen LogP) is 1.16. The Kier molecular flexibility index (Phi) is 3.71. The number of ether oxygens (including phenoxy) is 1. The molecule has 0 radical (unpaired) electrons. The molecule has 0 atom stereocenters. The standard InChI is InChI=1S/C9H16O5S/c1-6-7(10)14-8(2,3)9(4,5)15(11,12)13/h6H,1H2,2-5H3,(H,11,12,13). The molecule has 1 N–H and O–H groups in total. The second-order valence-electron chi connectivity index (χ2n) is 4.12. The zero-order valence-electron chi connectivity index (χ0n) is 9.27. The van der Waals surface area contributed by atoms with Crippen LogP contribution in [0.5, 0.6) is 0 Å². The highest BCUT2D eigenvalue weighted by Gasteiger charge is 2.49. The van der Waals surface area contributed by atoms with Gasteiger partial charge in [0, 0.05) is 6.08 Å². The van der Waals surface area contributed by atoms with Gasteiger partial charge in [-0.2, -0.15) is 8.42 Å². The number of hydrogen-bond acceptors (Lipinski definition) is 4. The van der Waals surface area contributed by atoms with Crippen molar-refractivity contribution in [3.05, 3.63) is 12.7 Å². The third-order valence-corrected chi connectivity index (χ3v) is 4.40. The molecule has 5 nitrogen and oxygen atoms in total. The quantitative estimate of drug-likeness (QED) is 0.450. The molecular formula is C9H16O5S. The van der Waals surface area contributed by atoms with E-state index < -0.39 is 26.4 Å². The molecular weight excluding hydrogens is 220 g/mol. The van der Waals surface area contributed by atoms with Crippen LogP contribution in [0.25, 0.3) is 0 Å². The van der Waals surface area contributed by atoms with Crippen LogP contribution < -0.4 is 0 Å². The van der Waals surface area contributed by atoms with Crippen molar-refractivity contribution in [2.75, 3.05) is 0 Å². The van der Waals surface area contributed by atoms with Gasteiger partial charge in [0.15, 0.2) is 0 Å². The largest absolute Gasteiger partial charge is 0.455 e. The zero-order valence-corrected chi connectivity index (χ0v) is 10.1. The maximum atomic E-state index is 11.1. The first kappa shape index (κ1) is 14.1. The third kappa shape index (κ3) is 2.79. The summed E-state index contributed by atoms with van der Waals surface area (Å²) in [7, 11) is -4.33. The maximum Gasteiger partial charge on any atom is 0.330 e. The molecule has 0 amide bonds. The monoisotopic (exact) mass is 236 g/mol. The van der Waals surface area contributed by atoms with Crippen LogP contribution in [-0.4, -0.2) is 29.3 Å². The minimum absolute atomic E-state index is 0.739. The van der Waals surface area contributed by atoms with Crippen molar-refractivity contribution in [3.8, 4) is 0 Å².